The minimum absolute atomic E-state index is 0.145. The van der Waals surface area contributed by atoms with Crippen molar-refractivity contribution in [3.63, 3.8) is 0 Å². The summed E-state index contributed by atoms with van der Waals surface area (Å²) < 4.78 is 5.48. The monoisotopic (exact) mass is 307 g/mol. The van der Waals surface area contributed by atoms with E-state index in [0.717, 1.165) is 0 Å². The van der Waals surface area contributed by atoms with E-state index in [1.54, 1.807) is 31.2 Å². The Morgan fingerprint density at radius 3 is 2.71 bits per heavy atom. The third-order valence-electron chi connectivity index (χ3n) is 2.49. The Labute approximate surface area is 126 Å². The summed E-state index contributed by atoms with van der Waals surface area (Å²) in [6.45, 7) is 1.68. The van der Waals surface area contributed by atoms with Gasteiger partial charge in [0.25, 0.3) is 0 Å². The maximum atomic E-state index is 11.8. The molecule has 0 aliphatic rings. The molecular formula is C14H14ClN3O3. The van der Waals surface area contributed by atoms with Gasteiger partial charge in [-0.2, -0.15) is 0 Å². The molecule has 2 rings (SSSR count). The topological polar surface area (TPSA) is 83.5 Å². The van der Waals surface area contributed by atoms with Crippen LogP contribution in [0.25, 0.3) is 0 Å². The van der Waals surface area contributed by atoms with E-state index >= 15 is 0 Å². The van der Waals surface area contributed by atoms with E-state index in [0.29, 0.717) is 11.4 Å². The highest BCUT2D eigenvalue weighted by atomic mass is 35.5. The molecule has 110 valence electrons. The number of pyridine rings is 1. The fourth-order valence-electron chi connectivity index (χ4n) is 1.58. The molecule has 2 amide bonds. The van der Waals surface area contributed by atoms with Crippen molar-refractivity contribution < 1.29 is 14.6 Å². The summed E-state index contributed by atoms with van der Waals surface area (Å²) in [5, 5.41) is 14.5. The average Bonchev–Trinajstić information content (AvgIpc) is 2.44. The number of amides is 2. The highest BCUT2D eigenvalue weighted by molar-refractivity contribution is 6.32. The lowest BCUT2D eigenvalue weighted by molar-refractivity contribution is 0.183. The van der Waals surface area contributed by atoms with Crippen molar-refractivity contribution in [2.75, 3.05) is 5.32 Å². The molecule has 0 bridgehead atoms. The van der Waals surface area contributed by atoms with Gasteiger partial charge in [0.15, 0.2) is 11.4 Å². The van der Waals surface area contributed by atoms with Crippen molar-refractivity contribution >= 4 is 23.3 Å². The molecule has 2 aromatic rings. The molecule has 1 unspecified atom stereocenters. The van der Waals surface area contributed by atoms with Crippen molar-refractivity contribution in [2.24, 2.45) is 0 Å². The van der Waals surface area contributed by atoms with Gasteiger partial charge in [0.1, 0.15) is 11.5 Å². The number of aromatic nitrogens is 1. The molecule has 0 aliphatic carbocycles. The summed E-state index contributed by atoms with van der Waals surface area (Å²) in [4.78, 5) is 15.6. The second-order valence-electron chi connectivity index (χ2n) is 4.19. The number of nitrogens with one attached hydrogen (secondary N) is 2. The number of benzene rings is 1. The van der Waals surface area contributed by atoms with E-state index in [9.17, 15) is 9.90 Å². The van der Waals surface area contributed by atoms with Crippen LogP contribution < -0.4 is 15.4 Å². The van der Waals surface area contributed by atoms with Crippen LogP contribution in [0.15, 0.2) is 42.6 Å². The van der Waals surface area contributed by atoms with Gasteiger partial charge in [0.05, 0.1) is 5.69 Å². The lowest BCUT2D eigenvalue weighted by Gasteiger charge is -2.17. The molecule has 0 radical (unpaired) electrons. The van der Waals surface area contributed by atoms with Gasteiger partial charge >= 0.3 is 6.03 Å². The zero-order valence-electron chi connectivity index (χ0n) is 11.2. The molecule has 1 heterocycles. The van der Waals surface area contributed by atoms with E-state index in [4.69, 9.17) is 16.3 Å². The van der Waals surface area contributed by atoms with E-state index in [1.165, 1.54) is 18.3 Å². The number of phenols is 1. The van der Waals surface area contributed by atoms with Crippen molar-refractivity contribution in [1.29, 1.82) is 0 Å². The lowest BCUT2D eigenvalue weighted by Crippen LogP contribution is -2.39. The van der Waals surface area contributed by atoms with Gasteiger partial charge in [-0.15, -0.1) is 0 Å². The second kappa shape index (κ2) is 6.81. The number of carbonyl (C=O) groups is 1. The number of phenolic OH excluding ortho intramolecular Hbond substituents is 1. The summed E-state index contributed by atoms with van der Waals surface area (Å²) in [6, 6.07) is 9.04. The van der Waals surface area contributed by atoms with Crippen LogP contribution in [0.3, 0.4) is 0 Å². The van der Waals surface area contributed by atoms with Crippen molar-refractivity contribution in [3.05, 3.63) is 47.7 Å². The Bertz CT molecular complexity index is 619. The number of aromatic hydroxyl groups is 1. The molecule has 6 nitrogen and oxygen atoms in total. The number of urea groups is 1. The summed E-state index contributed by atoms with van der Waals surface area (Å²) in [5.74, 6) is 0.673. The van der Waals surface area contributed by atoms with Gasteiger partial charge in [-0.3, -0.25) is 0 Å². The van der Waals surface area contributed by atoms with Gasteiger partial charge < -0.3 is 20.5 Å². The average molecular weight is 308 g/mol. The molecule has 1 aromatic carbocycles. The molecular weight excluding hydrogens is 294 g/mol. The van der Waals surface area contributed by atoms with Crippen molar-refractivity contribution in [1.82, 2.24) is 10.3 Å². The Kier molecular flexibility index (Phi) is 4.84. The standard InChI is InChI=1S/C14H14ClN3O3/c1-9(21-11-6-4-10(19)5-7-11)17-14(20)18-12-3-2-8-16-13(12)15/h2-9,19H,1H3,(H2,17,18,20). The minimum atomic E-state index is -0.565. The fraction of sp³-hybridized carbons (Fsp3) is 0.143. The summed E-state index contributed by atoms with van der Waals surface area (Å²) in [5.41, 5.74) is 0.411. The summed E-state index contributed by atoms with van der Waals surface area (Å²) in [7, 11) is 0. The smallest absolute Gasteiger partial charge is 0.322 e. The number of hydrogen-bond acceptors (Lipinski definition) is 4. The number of rotatable bonds is 4. The number of ether oxygens (including phenoxy) is 1. The molecule has 0 saturated heterocycles. The van der Waals surface area contributed by atoms with Crippen LogP contribution in [-0.2, 0) is 0 Å². The van der Waals surface area contributed by atoms with E-state index < -0.39 is 12.3 Å². The highest BCUT2D eigenvalue weighted by Gasteiger charge is 2.10. The van der Waals surface area contributed by atoms with Crippen LogP contribution >= 0.6 is 11.6 Å². The maximum absolute atomic E-state index is 11.8. The number of hydrogen-bond donors (Lipinski definition) is 3. The molecule has 0 spiro atoms. The molecule has 1 aromatic heterocycles. The van der Waals surface area contributed by atoms with E-state index in [2.05, 4.69) is 15.6 Å². The predicted octanol–water partition coefficient (Wildman–Crippen LogP) is 2.99. The lowest BCUT2D eigenvalue weighted by atomic mass is 10.3. The number of carbonyl (C=O) groups excluding carboxylic acids is 1. The predicted molar refractivity (Wildman–Crippen MR) is 79.6 cm³/mol. The SMILES string of the molecule is CC(NC(=O)Nc1cccnc1Cl)Oc1ccc(O)cc1. The van der Waals surface area contributed by atoms with Crippen LogP contribution in [0.2, 0.25) is 5.15 Å². The van der Waals surface area contributed by atoms with Crippen LogP contribution in [-0.4, -0.2) is 22.3 Å². The quantitative estimate of drug-likeness (QED) is 0.599. The molecule has 0 saturated carbocycles. The van der Waals surface area contributed by atoms with Crippen LogP contribution in [0, 0.1) is 0 Å². The summed E-state index contributed by atoms with van der Waals surface area (Å²) in [6.07, 6.45) is 0.965. The maximum Gasteiger partial charge on any atom is 0.322 e. The molecule has 3 N–H and O–H groups in total. The molecule has 21 heavy (non-hydrogen) atoms. The number of nitrogens with zero attached hydrogens (tertiary/aromatic N) is 1. The van der Waals surface area contributed by atoms with Gasteiger partial charge in [-0.1, -0.05) is 11.6 Å². The van der Waals surface area contributed by atoms with E-state index in [-0.39, 0.29) is 10.9 Å². The van der Waals surface area contributed by atoms with Crippen molar-refractivity contribution in [2.45, 2.75) is 13.2 Å². The third kappa shape index (κ3) is 4.54. The zero-order chi connectivity index (χ0) is 15.2. The van der Waals surface area contributed by atoms with Gasteiger partial charge in [-0.25, -0.2) is 9.78 Å². The zero-order valence-corrected chi connectivity index (χ0v) is 12.0. The molecule has 0 aliphatic heterocycles. The molecule has 0 fully saturated rings. The first-order chi connectivity index (χ1) is 10.0. The van der Waals surface area contributed by atoms with Crippen molar-refractivity contribution in [3.8, 4) is 11.5 Å². The normalized spacial score (nSPS) is 11.5. The van der Waals surface area contributed by atoms with Gasteiger partial charge in [0.2, 0.25) is 0 Å². The Balaban J connectivity index is 1.87. The molecule has 7 heteroatoms. The first-order valence-corrected chi connectivity index (χ1v) is 6.56. The molecule has 1 atom stereocenters. The van der Waals surface area contributed by atoms with Crippen LogP contribution in [0.1, 0.15) is 6.92 Å². The Morgan fingerprint density at radius 1 is 1.33 bits per heavy atom. The van der Waals surface area contributed by atoms with Crippen LogP contribution in [0.4, 0.5) is 10.5 Å². The largest absolute Gasteiger partial charge is 0.508 e. The number of halogens is 1. The third-order valence-corrected chi connectivity index (χ3v) is 2.79. The van der Waals surface area contributed by atoms with Gasteiger partial charge in [0, 0.05) is 6.20 Å². The Morgan fingerprint density at radius 2 is 2.05 bits per heavy atom. The fourth-order valence-corrected chi connectivity index (χ4v) is 1.75. The summed E-state index contributed by atoms with van der Waals surface area (Å²) >= 11 is 5.84. The van der Waals surface area contributed by atoms with Crippen LogP contribution in [0.5, 0.6) is 11.5 Å². The van der Waals surface area contributed by atoms with Gasteiger partial charge in [-0.05, 0) is 43.3 Å². The Hall–Kier alpha value is -2.47. The van der Waals surface area contributed by atoms with E-state index in [1.807, 2.05) is 0 Å². The minimum Gasteiger partial charge on any atom is -0.508 e. The first kappa shape index (κ1) is 14.9. The first-order valence-electron chi connectivity index (χ1n) is 6.18. The highest BCUT2D eigenvalue weighted by Crippen LogP contribution is 2.18. The second-order valence-corrected chi connectivity index (χ2v) is 4.55. The number of anilines is 1.